The van der Waals surface area contributed by atoms with E-state index in [-0.39, 0.29) is 17.6 Å². The highest BCUT2D eigenvalue weighted by Crippen LogP contribution is 2.30. The zero-order chi connectivity index (χ0) is 27.7. The number of rotatable bonds is 11. The molecule has 0 atom stereocenters. The van der Waals surface area contributed by atoms with Gasteiger partial charge in [-0.25, -0.2) is 19.3 Å². The van der Waals surface area contributed by atoms with Crippen LogP contribution >= 0.6 is 0 Å². The van der Waals surface area contributed by atoms with Gasteiger partial charge in [0.15, 0.2) is 6.29 Å². The average Bonchev–Trinajstić information content (AvgIpc) is 3.40. The maximum atomic E-state index is 13.6. The van der Waals surface area contributed by atoms with Crippen LogP contribution < -0.4 is 16.4 Å². The third-order valence-corrected chi connectivity index (χ3v) is 6.40. The molecule has 1 amide bonds. The molecular formula is C29H32FN7O3. The summed E-state index contributed by atoms with van der Waals surface area (Å²) in [4.78, 5) is 29.3. The Morgan fingerprint density at radius 1 is 1.05 bits per heavy atom. The van der Waals surface area contributed by atoms with Gasteiger partial charge in [0.1, 0.15) is 11.6 Å². The number of aromatic nitrogens is 4. The summed E-state index contributed by atoms with van der Waals surface area (Å²) < 4.78 is 25.5. The van der Waals surface area contributed by atoms with Crippen LogP contribution in [0.5, 0.6) is 0 Å². The number of nitrogens with two attached hydrogens (primary N) is 1. The van der Waals surface area contributed by atoms with Gasteiger partial charge in [0, 0.05) is 37.3 Å². The lowest BCUT2D eigenvalue weighted by Crippen LogP contribution is -2.40. The topological polar surface area (TPSA) is 140 Å². The number of H-pyrrole nitrogens is 1. The van der Waals surface area contributed by atoms with Crippen LogP contribution in [0.25, 0.3) is 22.6 Å². The lowest BCUT2D eigenvalue weighted by atomic mass is 10.1. The Labute approximate surface area is 231 Å². The van der Waals surface area contributed by atoms with E-state index < -0.39 is 6.29 Å². The molecule has 1 saturated heterocycles. The molecule has 10 nitrogen and oxygen atoms in total. The molecule has 2 aromatic heterocycles. The molecule has 11 heteroatoms. The van der Waals surface area contributed by atoms with Gasteiger partial charge in [-0.15, -0.1) is 0 Å². The number of anilines is 1. The molecule has 208 valence electrons. The maximum Gasteiger partial charge on any atom is 0.224 e. The van der Waals surface area contributed by atoms with Crippen LogP contribution in [0.15, 0.2) is 66.9 Å². The summed E-state index contributed by atoms with van der Waals surface area (Å²) in [6.07, 6.45) is 1.88. The second kappa shape index (κ2) is 13.2. The second-order valence-electron chi connectivity index (χ2n) is 9.53. The van der Waals surface area contributed by atoms with Crippen molar-refractivity contribution in [3.8, 4) is 22.6 Å². The van der Waals surface area contributed by atoms with Crippen LogP contribution in [0.2, 0.25) is 0 Å². The number of hydrogen-bond acceptors (Lipinski definition) is 8. The minimum absolute atomic E-state index is 0.0316. The van der Waals surface area contributed by atoms with Crippen molar-refractivity contribution in [1.82, 2.24) is 25.3 Å². The number of carbonyl (C=O) groups excluding carboxylic acids is 1. The van der Waals surface area contributed by atoms with E-state index in [4.69, 9.17) is 20.2 Å². The van der Waals surface area contributed by atoms with Crippen LogP contribution in [0.4, 0.5) is 10.3 Å². The molecule has 3 heterocycles. The summed E-state index contributed by atoms with van der Waals surface area (Å²) in [6, 6.07) is 17.6. The van der Waals surface area contributed by atoms with E-state index in [9.17, 15) is 9.18 Å². The largest absolute Gasteiger partial charge is 0.355 e. The Morgan fingerprint density at radius 2 is 1.82 bits per heavy atom. The number of nitrogens with one attached hydrogen (secondary N) is 3. The first-order valence-electron chi connectivity index (χ1n) is 13.2. The van der Waals surface area contributed by atoms with Crippen molar-refractivity contribution < 1.29 is 18.7 Å². The number of amides is 1. The highest BCUT2D eigenvalue weighted by atomic mass is 19.1. The molecule has 1 aliphatic rings. The van der Waals surface area contributed by atoms with Gasteiger partial charge >= 0.3 is 0 Å². The fourth-order valence-corrected chi connectivity index (χ4v) is 4.37. The molecule has 0 saturated carbocycles. The summed E-state index contributed by atoms with van der Waals surface area (Å²) in [5, 5.41) is 6.05. The van der Waals surface area contributed by atoms with Crippen molar-refractivity contribution in [2.75, 3.05) is 38.2 Å². The van der Waals surface area contributed by atoms with Crippen LogP contribution in [0.3, 0.4) is 0 Å². The van der Waals surface area contributed by atoms with E-state index >= 15 is 0 Å². The molecule has 5 N–H and O–H groups in total. The first-order chi connectivity index (χ1) is 19.6. The predicted molar refractivity (Wildman–Crippen MR) is 149 cm³/mol. The lowest BCUT2D eigenvalue weighted by molar-refractivity contribution is -0.198. The summed E-state index contributed by atoms with van der Waals surface area (Å²) in [5.74, 6) is 0.787. The van der Waals surface area contributed by atoms with Gasteiger partial charge in [-0.1, -0.05) is 30.3 Å². The van der Waals surface area contributed by atoms with Crippen LogP contribution in [0, 0.1) is 11.7 Å². The van der Waals surface area contributed by atoms with E-state index in [1.807, 2.05) is 30.3 Å². The third kappa shape index (κ3) is 7.26. The van der Waals surface area contributed by atoms with Gasteiger partial charge < -0.3 is 30.8 Å². The van der Waals surface area contributed by atoms with E-state index in [1.165, 1.54) is 12.1 Å². The van der Waals surface area contributed by atoms with E-state index in [0.29, 0.717) is 74.5 Å². The van der Waals surface area contributed by atoms with Crippen LogP contribution in [-0.2, 0) is 27.1 Å². The lowest BCUT2D eigenvalue weighted by Gasteiger charge is -2.29. The third-order valence-electron chi connectivity index (χ3n) is 6.40. The second-order valence-corrected chi connectivity index (χ2v) is 9.53. The van der Waals surface area contributed by atoms with Crippen LogP contribution in [0.1, 0.15) is 11.4 Å². The number of hydrogen-bond donors (Lipinski definition) is 4. The Kier molecular flexibility index (Phi) is 9.07. The summed E-state index contributed by atoms with van der Waals surface area (Å²) in [7, 11) is 0. The van der Waals surface area contributed by atoms with Crippen molar-refractivity contribution in [2.45, 2.75) is 19.1 Å². The fraction of sp³-hybridized carbons (Fsp3) is 0.310. The van der Waals surface area contributed by atoms with Gasteiger partial charge in [-0.2, -0.15) is 0 Å². The Hall–Kier alpha value is -4.19. The first kappa shape index (κ1) is 27.4. The first-order valence-corrected chi connectivity index (χ1v) is 13.2. The van der Waals surface area contributed by atoms with Crippen molar-refractivity contribution in [1.29, 1.82) is 0 Å². The number of aromatic amines is 1. The number of carbonyl (C=O) groups is 1. The molecule has 4 aromatic rings. The quantitative estimate of drug-likeness (QED) is 0.226. The highest BCUT2D eigenvalue weighted by Gasteiger charge is 2.25. The molecule has 1 fully saturated rings. The molecule has 0 aliphatic carbocycles. The maximum absolute atomic E-state index is 13.6. The molecular weight excluding hydrogens is 513 g/mol. The number of ether oxygens (including phenoxy) is 2. The van der Waals surface area contributed by atoms with Gasteiger partial charge in [0.05, 0.1) is 43.1 Å². The molecule has 40 heavy (non-hydrogen) atoms. The molecule has 5 rings (SSSR count). The van der Waals surface area contributed by atoms with E-state index in [1.54, 1.807) is 24.4 Å². The van der Waals surface area contributed by atoms with Crippen molar-refractivity contribution >= 4 is 11.9 Å². The summed E-state index contributed by atoms with van der Waals surface area (Å²) in [5.41, 5.74) is 9.24. The summed E-state index contributed by atoms with van der Waals surface area (Å²) >= 11 is 0. The Balaban J connectivity index is 1.22. The number of benzene rings is 2. The fourth-order valence-electron chi connectivity index (χ4n) is 4.37. The zero-order valence-corrected chi connectivity index (χ0v) is 22.0. The van der Waals surface area contributed by atoms with Gasteiger partial charge in [-0.05, 0) is 35.9 Å². The van der Waals surface area contributed by atoms with Gasteiger partial charge in [0.25, 0.3) is 0 Å². The SMILES string of the molecule is NCCNc1nccc(-c2[nH]c(CC3OCC(CNC(=O)Cc4ccccc4)CO3)nc2-c2ccc(F)cc2)n1. The normalized spacial score (nSPS) is 16.9. The molecule has 2 aromatic carbocycles. The minimum atomic E-state index is -0.497. The standard InChI is InChI=1S/C29H32FN7O3/c30-22-8-6-21(7-9-22)27-28(23-10-12-32-29(35-23)33-13-11-31)37-24(36-27)15-26-39-17-20(18-40-26)16-34-25(38)14-19-4-2-1-3-5-19/h1-10,12,20,26H,11,13-18,31H2,(H,34,38)(H,36,37)(H,32,33,35). The smallest absolute Gasteiger partial charge is 0.224 e. The van der Waals surface area contributed by atoms with Gasteiger partial charge in [0.2, 0.25) is 11.9 Å². The Morgan fingerprint density at radius 3 is 2.58 bits per heavy atom. The molecule has 0 spiro atoms. The predicted octanol–water partition coefficient (Wildman–Crippen LogP) is 2.93. The van der Waals surface area contributed by atoms with Crippen molar-refractivity contribution in [3.05, 3.63) is 84.1 Å². The highest BCUT2D eigenvalue weighted by molar-refractivity contribution is 5.78. The monoisotopic (exact) mass is 545 g/mol. The number of imidazole rings is 1. The molecule has 0 radical (unpaired) electrons. The number of halogens is 1. The Bertz CT molecular complexity index is 1390. The van der Waals surface area contributed by atoms with Crippen molar-refractivity contribution in [3.63, 3.8) is 0 Å². The minimum Gasteiger partial charge on any atom is -0.355 e. The van der Waals surface area contributed by atoms with Gasteiger partial charge in [-0.3, -0.25) is 4.79 Å². The molecule has 0 bridgehead atoms. The number of nitrogens with zero attached hydrogens (tertiary/aromatic N) is 3. The summed E-state index contributed by atoms with van der Waals surface area (Å²) in [6.45, 7) is 2.38. The van der Waals surface area contributed by atoms with E-state index in [2.05, 4.69) is 25.6 Å². The zero-order valence-electron chi connectivity index (χ0n) is 22.0. The van der Waals surface area contributed by atoms with Crippen LogP contribution in [-0.4, -0.2) is 65.0 Å². The van der Waals surface area contributed by atoms with Crippen molar-refractivity contribution in [2.24, 2.45) is 11.7 Å². The van der Waals surface area contributed by atoms with E-state index in [0.717, 1.165) is 11.1 Å². The molecule has 0 unspecified atom stereocenters. The molecule has 1 aliphatic heterocycles. The average molecular weight is 546 g/mol.